The predicted octanol–water partition coefficient (Wildman–Crippen LogP) is 3.51. The van der Waals surface area contributed by atoms with E-state index in [9.17, 15) is 0 Å². The molecule has 31 heavy (non-hydrogen) atoms. The molecule has 3 rings (SSSR count). The van der Waals surface area contributed by atoms with Gasteiger partial charge in [0.1, 0.15) is 6.10 Å². The van der Waals surface area contributed by atoms with Gasteiger partial charge >= 0.3 is 31.1 Å². The molecule has 0 amide bonds. The smallest absolute Gasteiger partial charge is 0.544 e. The van der Waals surface area contributed by atoms with Gasteiger partial charge in [-0.15, -0.1) is 0 Å². The Morgan fingerprint density at radius 1 is 1.06 bits per heavy atom. The Balaban J connectivity index is 0.000000344. The molecule has 5 nitrogen and oxygen atoms in total. The van der Waals surface area contributed by atoms with Gasteiger partial charge in [0.2, 0.25) is 0 Å². The maximum Gasteiger partial charge on any atom is 2.00 e. The molecule has 178 valence electrons. The van der Waals surface area contributed by atoms with Gasteiger partial charge in [0.15, 0.2) is 0 Å². The first-order chi connectivity index (χ1) is 14.1. The van der Waals surface area contributed by atoms with Gasteiger partial charge in [0.25, 0.3) is 0 Å². The third kappa shape index (κ3) is 7.54. The van der Waals surface area contributed by atoms with Crippen molar-refractivity contribution in [2.75, 3.05) is 6.61 Å². The molecule has 3 aliphatic rings. The molecule has 5 unspecified atom stereocenters. The van der Waals surface area contributed by atoms with Crippen molar-refractivity contribution in [2.24, 2.45) is 35.0 Å². The second-order valence-electron chi connectivity index (χ2n) is 10.2. The topological polar surface area (TPSA) is 90.2 Å². The van der Waals surface area contributed by atoms with Crippen LogP contribution < -0.4 is 0 Å². The molecule has 0 aromatic rings. The van der Waals surface area contributed by atoms with Crippen molar-refractivity contribution in [1.29, 1.82) is 0 Å². The summed E-state index contributed by atoms with van der Waals surface area (Å²) in [6.45, 7) is 12.6. The van der Waals surface area contributed by atoms with Gasteiger partial charge in [-0.05, 0) is 29.8 Å². The Hall–Kier alpha value is 0.592. The van der Waals surface area contributed by atoms with Crippen LogP contribution in [0, 0.1) is 79.1 Å². The largest absolute Gasteiger partial charge is 2.00 e. The van der Waals surface area contributed by atoms with Crippen molar-refractivity contribution in [3.8, 4) is 0 Å². The molecule has 0 aromatic heterocycles. The van der Waals surface area contributed by atoms with Crippen LogP contribution in [0.2, 0.25) is 0 Å². The Labute approximate surface area is 213 Å². The van der Waals surface area contributed by atoms with Gasteiger partial charge in [-0.3, -0.25) is 0 Å². The zero-order valence-electron chi connectivity index (χ0n) is 19.9. The number of hydrogen-bond acceptors (Lipinski definition) is 5. The molecule has 0 radical (unpaired) electrons. The average molecular weight is 663 g/mol. The molecule has 4 N–H and O–H groups in total. The van der Waals surface area contributed by atoms with E-state index in [0.717, 1.165) is 30.3 Å². The maximum atomic E-state index is 9.09. The Morgan fingerprint density at radius 2 is 1.74 bits per heavy atom. The van der Waals surface area contributed by atoms with Crippen LogP contribution in [0.5, 0.6) is 0 Å². The summed E-state index contributed by atoms with van der Waals surface area (Å²) in [4.78, 5) is 0. The number of ether oxygens (including phenoxy) is 1. The third-order valence-electron chi connectivity index (χ3n) is 7.91. The molecule has 6 heteroatoms. The van der Waals surface area contributed by atoms with E-state index in [1.54, 1.807) is 0 Å². The van der Waals surface area contributed by atoms with Crippen LogP contribution in [-0.4, -0.2) is 51.4 Å². The van der Waals surface area contributed by atoms with E-state index in [-0.39, 0.29) is 37.7 Å². The number of aliphatic hydroxyl groups excluding tert-OH is 4. The summed E-state index contributed by atoms with van der Waals surface area (Å²) in [5.41, 5.74) is 0.600. The predicted molar refractivity (Wildman–Crippen MR) is 119 cm³/mol. The fourth-order valence-electron chi connectivity index (χ4n) is 5.34. The van der Waals surface area contributed by atoms with E-state index < -0.39 is 24.4 Å². The van der Waals surface area contributed by atoms with E-state index in [2.05, 4.69) is 57.9 Å². The van der Waals surface area contributed by atoms with E-state index >= 15 is 0 Å². The quantitative estimate of drug-likeness (QED) is 0.268. The molecule has 2 saturated carbocycles. The SMILES string of the molecule is CC(C)[C@@H](C)/C=C/[C@@H](C)[C@H]1CCC2[CH-]CCC[C@@]21C.OCC1O[CH-]C(O)C(O)C1O.[U+2]. The normalized spacial score (nSPS) is 39.9. The molecule has 1 aliphatic heterocycles. The Bertz CT molecular complexity index is 540. The summed E-state index contributed by atoms with van der Waals surface area (Å²) in [5, 5.41) is 35.6. The van der Waals surface area contributed by atoms with E-state index in [4.69, 9.17) is 20.4 Å². The summed E-state index contributed by atoms with van der Waals surface area (Å²) in [6.07, 6.45) is 10.2. The molecular weight excluding hydrogens is 618 g/mol. The Morgan fingerprint density at radius 3 is 2.35 bits per heavy atom. The molecule has 0 aromatic carbocycles. The number of hydrogen-bond donors (Lipinski definition) is 4. The van der Waals surface area contributed by atoms with Gasteiger partial charge in [-0.25, -0.2) is 0 Å². The second kappa shape index (κ2) is 13.5. The van der Waals surface area contributed by atoms with E-state index in [1.165, 1.54) is 32.1 Å². The molecule has 2 aliphatic carbocycles. The van der Waals surface area contributed by atoms with Crippen molar-refractivity contribution in [3.63, 3.8) is 0 Å². The van der Waals surface area contributed by atoms with Gasteiger partial charge in [-0.2, -0.15) is 18.9 Å². The van der Waals surface area contributed by atoms with Crippen molar-refractivity contribution in [1.82, 2.24) is 0 Å². The molecule has 1 saturated heterocycles. The fourth-order valence-corrected chi connectivity index (χ4v) is 5.34. The van der Waals surface area contributed by atoms with Gasteiger partial charge in [-0.1, -0.05) is 77.9 Å². The van der Waals surface area contributed by atoms with Gasteiger partial charge < -0.3 is 31.6 Å². The molecule has 9 atom stereocenters. The van der Waals surface area contributed by atoms with Crippen molar-refractivity contribution >= 4 is 0 Å². The minimum atomic E-state index is -1.28. The monoisotopic (exact) mass is 662 g/mol. The van der Waals surface area contributed by atoms with E-state index in [0.29, 0.717) is 11.3 Å². The van der Waals surface area contributed by atoms with Crippen LogP contribution in [0.1, 0.15) is 66.7 Å². The van der Waals surface area contributed by atoms with E-state index in [1.807, 2.05) is 0 Å². The van der Waals surface area contributed by atoms with Crippen molar-refractivity contribution in [2.45, 2.75) is 91.1 Å². The van der Waals surface area contributed by atoms with Gasteiger partial charge in [0, 0.05) is 0 Å². The number of fused-ring (bicyclic) bond motifs is 1. The number of rotatable bonds is 5. The van der Waals surface area contributed by atoms with Crippen LogP contribution in [-0.2, 0) is 4.74 Å². The first-order valence-corrected chi connectivity index (χ1v) is 11.8. The summed E-state index contributed by atoms with van der Waals surface area (Å²) in [7, 11) is 0. The first kappa shape index (κ1) is 29.6. The molecule has 0 bridgehead atoms. The number of aliphatic hydroxyl groups is 4. The zero-order valence-corrected chi connectivity index (χ0v) is 24.1. The Kier molecular flexibility index (Phi) is 12.9. The summed E-state index contributed by atoms with van der Waals surface area (Å²) in [5.74, 6) is 4.04. The first-order valence-electron chi connectivity index (χ1n) is 11.8. The van der Waals surface area contributed by atoms with Crippen LogP contribution in [0.3, 0.4) is 0 Å². The minimum absolute atomic E-state index is 0. The van der Waals surface area contributed by atoms with Crippen LogP contribution in [0.4, 0.5) is 0 Å². The van der Waals surface area contributed by atoms with Crippen molar-refractivity contribution < 1.29 is 56.3 Å². The van der Waals surface area contributed by atoms with Gasteiger partial charge in [0.05, 0.1) is 18.8 Å². The fraction of sp³-hybridized carbons (Fsp3) is 0.840. The molecule has 0 spiro atoms. The van der Waals surface area contributed by atoms with Crippen LogP contribution >= 0.6 is 0 Å². The molecule has 1 heterocycles. The van der Waals surface area contributed by atoms with Crippen LogP contribution in [0.15, 0.2) is 12.2 Å². The summed E-state index contributed by atoms with van der Waals surface area (Å²) < 4.78 is 4.69. The zero-order chi connectivity index (χ0) is 22.5. The molecular formula is C25H44O5U. The van der Waals surface area contributed by atoms with Crippen molar-refractivity contribution in [3.05, 3.63) is 25.2 Å². The maximum absolute atomic E-state index is 9.09. The summed E-state index contributed by atoms with van der Waals surface area (Å²) >= 11 is 0. The third-order valence-corrected chi connectivity index (χ3v) is 7.91. The number of allylic oxidation sites excluding steroid dienone is 2. The van der Waals surface area contributed by atoms with Crippen LogP contribution in [0.25, 0.3) is 0 Å². The average Bonchev–Trinajstić information content (AvgIpc) is 3.07. The molecule has 3 fully saturated rings. The summed E-state index contributed by atoms with van der Waals surface area (Å²) in [6, 6.07) is 0. The minimum Gasteiger partial charge on any atom is -0.544 e. The standard InChI is InChI=1S/C19H33.C6H11O5.U/c1-14(2)15(3)9-10-16(4)18-12-11-17-8-6-7-13-19(17,18)5;7-1-4-6(10)5(9)3(8)2-11-4;/h8-10,14-18H,6-7,11-13H2,1-5H3;2-10H,1H2;/q2*-1;+2/b10-9+;;/t15-,16+,17?,18+,19-;;/m0../s1. The second-order valence-corrected chi connectivity index (χ2v) is 10.2.